The molecule has 1 heterocycles. The Morgan fingerprint density at radius 3 is 2.77 bits per heavy atom. The minimum absolute atomic E-state index is 0.210. The first-order valence-corrected chi connectivity index (χ1v) is 7.07. The fourth-order valence-corrected chi connectivity index (χ4v) is 2.39. The van der Waals surface area contributed by atoms with Gasteiger partial charge in [-0.2, -0.15) is 5.10 Å². The van der Waals surface area contributed by atoms with Crippen LogP contribution in [0.15, 0.2) is 41.5 Å². The van der Waals surface area contributed by atoms with Gasteiger partial charge in [-0.1, -0.05) is 23.2 Å². The molecule has 0 fully saturated rings. The fourth-order valence-electron chi connectivity index (χ4n) is 1.89. The number of fused-ring (bicyclic) bond motifs is 1. The van der Waals surface area contributed by atoms with Crippen molar-refractivity contribution in [2.24, 2.45) is 5.10 Å². The van der Waals surface area contributed by atoms with Crippen LogP contribution in [0.1, 0.15) is 15.9 Å². The molecular formula is C15H10Cl2N2O3. The van der Waals surface area contributed by atoms with Crippen LogP contribution in [0.25, 0.3) is 0 Å². The van der Waals surface area contributed by atoms with E-state index in [0.29, 0.717) is 22.1 Å². The molecule has 2 aromatic carbocycles. The quantitative estimate of drug-likeness (QED) is 0.689. The van der Waals surface area contributed by atoms with Gasteiger partial charge in [0.2, 0.25) is 6.79 Å². The summed E-state index contributed by atoms with van der Waals surface area (Å²) in [6.45, 7) is 0.210. The van der Waals surface area contributed by atoms with Crippen LogP contribution < -0.4 is 14.9 Å². The van der Waals surface area contributed by atoms with Gasteiger partial charge in [-0.25, -0.2) is 5.43 Å². The summed E-state index contributed by atoms with van der Waals surface area (Å²) in [7, 11) is 0. The van der Waals surface area contributed by atoms with Crippen molar-refractivity contribution in [1.29, 1.82) is 0 Å². The number of nitrogens with one attached hydrogen (secondary N) is 1. The minimum atomic E-state index is -0.418. The molecule has 7 heteroatoms. The monoisotopic (exact) mass is 336 g/mol. The molecule has 2 aromatic rings. The molecule has 0 bridgehead atoms. The van der Waals surface area contributed by atoms with Crippen molar-refractivity contribution in [2.75, 3.05) is 6.79 Å². The largest absolute Gasteiger partial charge is 0.454 e. The molecule has 0 aromatic heterocycles. The molecule has 5 nitrogen and oxygen atoms in total. The van der Waals surface area contributed by atoms with E-state index in [9.17, 15) is 4.79 Å². The van der Waals surface area contributed by atoms with Gasteiger partial charge >= 0.3 is 0 Å². The summed E-state index contributed by atoms with van der Waals surface area (Å²) in [5, 5.41) is 4.62. The Morgan fingerprint density at radius 2 is 1.95 bits per heavy atom. The van der Waals surface area contributed by atoms with Crippen LogP contribution in [-0.2, 0) is 0 Å². The normalized spacial score (nSPS) is 12.6. The Balaban J connectivity index is 1.68. The van der Waals surface area contributed by atoms with Crippen LogP contribution >= 0.6 is 23.2 Å². The first-order chi connectivity index (χ1) is 10.6. The Morgan fingerprint density at radius 1 is 1.14 bits per heavy atom. The van der Waals surface area contributed by atoms with Crippen LogP contribution in [0.5, 0.6) is 11.5 Å². The van der Waals surface area contributed by atoms with E-state index in [0.717, 1.165) is 5.56 Å². The van der Waals surface area contributed by atoms with E-state index in [-0.39, 0.29) is 11.8 Å². The lowest BCUT2D eigenvalue weighted by Crippen LogP contribution is -2.18. The number of carbonyl (C=O) groups is 1. The van der Waals surface area contributed by atoms with Crippen molar-refractivity contribution in [1.82, 2.24) is 5.43 Å². The third-order valence-corrected chi connectivity index (χ3v) is 3.50. The Bertz CT molecular complexity index is 762. The maximum absolute atomic E-state index is 12.0. The highest BCUT2D eigenvalue weighted by atomic mass is 35.5. The summed E-state index contributed by atoms with van der Waals surface area (Å²) < 4.78 is 10.5. The van der Waals surface area contributed by atoms with E-state index in [1.165, 1.54) is 18.3 Å². The van der Waals surface area contributed by atoms with E-state index in [2.05, 4.69) is 10.5 Å². The number of benzene rings is 2. The van der Waals surface area contributed by atoms with Crippen molar-refractivity contribution in [3.05, 3.63) is 57.6 Å². The molecule has 0 radical (unpaired) electrons. The molecule has 112 valence electrons. The average molecular weight is 337 g/mol. The third kappa shape index (κ3) is 3.16. The van der Waals surface area contributed by atoms with E-state index < -0.39 is 5.91 Å². The number of ether oxygens (including phenoxy) is 2. The van der Waals surface area contributed by atoms with Crippen LogP contribution in [0.4, 0.5) is 0 Å². The Labute approximate surface area is 136 Å². The second kappa shape index (κ2) is 6.25. The zero-order chi connectivity index (χ0) is 15.5. The summed E-state index contributed by atoms with van der Waals surface area (Å²) >= 11 is 11.7. The van der Waals surface area contributed by atoms with Gasteiger partial charge in [0.15, 0.2) is 11.5 Å². The molecule has 0 spiro atoms. The number of hydrogen-bond acceptors (Lipinski definition) is 4. The van der Waals surface area contributed by atoms with Gasteiger partial charge in [-0.15, -0.1) is 0 Å². The molecule has 0 atom stereocenters. The number of hydrogen-bond donors (Lipinski definition) is 1. The molecule has 0 saturated heterocycles. The van der Waals surface area contributed by atoms with E-state index in [1.807, 2.05) is 0 Å². The van der Waals surface area contributed by atoms with Gasteiger partial charge < -0.3 is 9.47 Å². The molecular weight excluding hydrogens is 327 g/mol. The zero-order valence-corrected chi connectivity index (χ0v) is 12.7. The number of nitrogens with zero attached hydrogens (tertiary/aromatic N) is 1. The SMILES string of the molecule is O=C(N/N=C\c1ccc2c(c1)OCO2)c1ccc(Cl)cc1Cl. The van der Waals surface area contributed by atoms with Gasteiger partial charge in [-0.3, -0.25) is 4.79 Å². The van der Waals surface area contributed by atoms with Crippen molar-refractivity contribution < 1.29 is 14.3 Å². The molecule has 1 N–H and O–H groups in total. The smallest absolute Gasteiger partial charge is 0.272 e. The number of amides is 1. The molecule has 3 rings (SSSR count). The molecule has 0 aliphatic carbocycles. The summed E-state index contributed by atoms with van der Waals surface area (Å²) in [6, 6.07) is 9.98. The lowest BCUT2D eigenvalue weighted by Gasteiger charge is -2.03. The van der Waals surface area contributed by atoms with Crippen LogP contribution in [0, 0.1) is 0 Å². The molecule has 0 unspecified atom stereocenters. The van der Waals surface area contributed by atoms with Crippen molar-refractivity contribution >= 4 is 35.3 Å². The van der Waals surface area contributed by atoms with Gasteiger partial charge in [0.1, 0.15) is 0 Å². The second-order valence-electron chi connectivity index (χ2n) is 4.44. The molecule has 1 aliphatic rings. The third-order valence-electron chi connectivity index (χ3n) is 2.95. The number of halogens is 2. The molecule has 0 saturated carbocycles. The maximum Gasteiger partial charge on any atom is 0.272 e. The number of hydrazone groups is 1. The summed E-state index contributed by atoms with van der Waals surface area (Å²) in [5.41, 5.74) is 3.48. The zero-order valence-electron chi connectivity index (χ0n) is 11.2. The van der Waals surface area contributed by atoms with E-state index in [1.54, 1.807) is 24.3 Å². The van der Waals surface area contributed by atoms with Crippen LogP contribution in [0.3, 0.4) is 0 Å². The highest BCUT2D eigenvalue weighted by Crippen LogP contribution is 2.31. The van der Waals surface area contributed by atoms with Crippen LogP contribution in [0.2, 0.25) is 10.0 Å². The summed E-state index contributed by atoms with van der Waals surface area (Å²) in [4.78, 5) is 12.0. The van der Waals surface area contributed by atoms with Gasteiger partial charge in [0.05, 0.1) is 16.8 Å². The second-order valence-corrected chi connectivity index (χ2v) is 5.28. The number of rotatable bonds is 3. The summed E-state index contributed by atoms with van der Waals surface area (Å²) in [6.07, 6.45) is 1.50. The van der Waals surface area contributed by atoms with Gasteiger partial charge in [-0.05, 0) is 42.0 Å². The highest BCUT2D eigenvalue weighted by molar-refractivity contribution is 6.36. The summed E-state index contributed by atoms with van der Waals surface area (Å²) in [5.74, 6) is 0.920. The standard InChI is InChI=1S/C15H10Cl2N2O3/c16-10-2-3-11(12(17)6-10)15(20)19-18-7-9-1-4-13-14(5-9)22-8-21-13/h1-7H,8H2,(H,19,20)/b18-7-. The molecule has 1 aliphatic heterocycles. The topological polar surface area (TPSA) is 59.9 Å². The molecule has 22 heavy (non-hydrogen) atoms. The first kappa shape index (κ1) is 14.7. The van der Waals surface area contributed by atoms with Gasteiger partial charge in [0.25, 0.3) is 5.91 Å². The van der Waals surface area contributed by atoms with Crippen molar-refractivity contribution in [2.45, 2.75) is 0 Å². The predicted molar refractivity (Wildman–Crippen MR) is 84.1 cm³/mol. The maximum atomic E-state index is 12.0. The predicted octanol–water partition coefficient (Wildman–Crippen LogP) is 3.49. The van der Waals surface area contributed by atoms with E-state index >= 15 is 0 Å². The number of carbonyl (C=O) groups excluding carboxylic acids is 1. The lowest BCUT2D eigenvalue weighted by molar-refractivity contribution is 0.0955. The van der Waals surface area contributed by atoms with Crippen LogP contribution in [-0.4, -0.2) is 18.9 Å². The minimum Gasteiger partial charge on any atom is -0.454 e. The van der Waals surface area contributed by atoms with Crippen molar-refractivity contribution in [3.63, 3.8) is 0 Å². The Kier molecular flexibility index (Phi) is 4.18. The Hall–Kier alpha value is -2.24. The van der Waals surface area contributed by atoms with Crippen molar-refractivity contribution in [3.8, 4) is 11.5 Å². The highest BCUT2D eigenvalue weighted by Gasteiger charge is 2.13. The molecule has 1 amide bonds. The van der Waals surface area contributed by atoms with Gasteiger partial charge in [0, 0.05) is 5.02 Å². The average Bonchev–Trinajstić information content (AvgIpc) is 2.94. The lowest BCUT2D eigenvalue weighted by atomic mass is 10.2. The van der Waals surface area contributed by atoms with E-state index in [4.69, 9.17) is 32.7 Å². The first-order valence-electron chi connectivity index (χ1n) is 6.31. The fraction of sp³-hybridized carbons (Fsp3) is 0.0667.